The van der Waals surface area contributed by atoms with Crippen LogP contribution in [0, 0.1) is 0 Å². The van der Waals surface area contributed by atoms with Crippen LogP contribution in [0.1, 0.15) is 10.4 Å². The predicted octanol–water partition coefficient (Wildman–Crippen LogP) is 4.53. The zero-order valence-electron chi connectivity index (χ0n) is 18.0. The molecule has 1 N–H and O–H groups in total. The highest BCUT2D eigenvalue weighted by atomic mass is 35.5. The van der Waals surface area contributed by atoms with Crippen LogP contribution in [0.3, 0.4) is 0 Å². The van der Waals surface area contributed by atoms with Gasteiger partial charge >= 0.3 is 0 Å². The fraction of sp³-hybridized carbons (Fsp3) is 0.174. The van der Waals surface area contributed by atoms with E-state index in [1.807, 2.05) is 36.4 Å². The number of nitrogens with zero attached hydrogens (tertiary/aromatic N) is 1. The Balaban J connectivity index is 2.11. The second kappa shape index (κ2) is 9.50. The fourth-order valence-corrected chi connectivity index (χ4v) is 4.78. The Labute approximate surface area is 192 Å². The highest BCUT2D eigenvalue weighted by Crippen LogP contribution is 2.37. The fourth-order valence-electron chi connectivity index (χ4n) is 3.15. The molecule has 0 fully saturated rings. The molecule has 1 amide bonds. The highest BCUT2D eigenvalue weighted by molar-refractivity contribution is 7.92. The first-order valence-electron chi connectivity index (χ1n) is 9.53. The van der Waals surface area contributed by atoms with Crippen molar-refractivity contribution in [1.29, 1.82) is 0 Å². The number of benzene rings is 3. The van der Waals surface area contributed by atoms with E-state index < -0.39 is 15.9 Å². The van der Waals surface area contributed by atoms with Gasteiger partial charge in [-0.25, -0.2) is 8.42 Å². The minimum atomic E-state index is -4.20. The summed E-state index contributed by atoms with van der Waals surface area (Å²) in [4.78, 5) is 13.5. The van der Waals surface area contributed by atoms with Crippen LogP contribution in [-0.2, 0) is 10.0 Å². The van der Waals surface area contributed by atoms with E-state index in [0.29, 0.717) is 5.75 Å². The first-order valence-corrected chi connectivity index (χ1v) is 11.4. The Bertz CT molecular complexity index is 1240. The van der Waals surface area contributed by atoms with Gasteiger partial charge in [0.05, 0.1) is 24.9 Å². The van der Waals surface area contributed by atoms with Gasteiger partial charge in [-0.15, -0.1) is 0 Å². The summed E-state index contributed by atoms with van der Waals surface area (Å²) < 4.78 is 39.9. The smallest absolute Gasteiger partial charge is 0.265 e. The van der Waals surface area contributed by atoms with Crippen LogP contribution in [0.15, 0.2) is 65.6 Å². The van der Waals surface area contributed by atoms with Crippen molar-refractivity contribution in [2.24, 2.45) is 0 Å². The van der Waals surface area contributed by atoms with Crippen LogP contribution in [0.4, 0.5) is 5.69 Å². The molecule has 3 aromatic rings. The molecule has 0 saturated heterocycles. The quantitative estimate of drug-likeness (QED) is 0.544. The van der Waals surface area contributed by atoms with Crippen LogP contribution in [0.5, 0.6) is 11.5 Å². The number of hydrogen-bond donors (Lipinski definition) is 1. The highest BCUT2D eigenvalue weighted by Gasteiger charge is 2.26. The molecule has 32 heavy (non-hydrogen) atoms. The third kappa shape index (κ3) is 4.81. The number of rotatable bonds is 7. The minimum absolute atomic E-state index is 0.00516. The molecule has 0 bridgehead atoms. The number of carbonyl (C=O) groups is 1. The van der Waals surface area contributed by atoms with Gasteiger partial charge in [-0.2, -0.15) is 0 Å². The number of carbonyl (C=O) groups excluding carboxylic acids is 1. The van der Waals surface area contributed by atoms with Crippen LogP contribution >= 0.6 is 11.6 Å². The molecule has 0 heterocycles. The molecule has 168 valence electrons. The summed E-state index contributed by atoms with van der Waals surface area (Å²) in [6, 6.07) is 17.3. The molecule has 0 aliphatic heterocycles. The maximum atomic E-state index is 13.4. The molecule has 3 rings (SSSR count). The van der Waals surface area contributed by atoms with Gasteiger partial charge in [0.2, 0.25) is 0 Å². The lowest BCUT2D eigenvalue weighted by Gasteiger charge is -2.17. The number of ether oxygens (including phenoxy) is 2. The van der Waals surface area contributed by atoms with Gasteiger partial charge < -0.3 is 14.4 Å². The summed E-state index contributed by atoms with van der Waals surface area (Å²) in [7, 11) is 1.68. The molecule has 9 heteroatoms. The summed E-state index contributed by atoms with van der Waals surface area (Å²) in [6.07, 6.45) is 0. The molecule has 7 nitrogen and oxygen atoms in total. The first-order chi connectivity index (χ1) is 15.2. The van der Waals surface area contributed by atoms with Gasteiger partial charge in [0, 0.05) is 19.7 Å². The number of hydrogen-bond acceptors (Lipinski definition) is 5. The first kappa shape index (κ1) is 23.4. The van der Waals surface area contributed by atoms with Gasteiger partial charge in [0.1, 0.15) is 10.6 Å². The Morgan fingerprint density at radius 3 is 2.22 bits per heavy atom. The number of halogens is 1. The second-order valence-corrected chi connectivity index (χ2v) is 9.13. The van der Waals surface area contributed by atoms with E-state index in [1.165, 1.54) is 31.3 Å². The van der Waals surface area contributed by atoms with Crippen molar-refractivity contribution in [3.8, 4) is 22.6 Å². The summed E-state index contributed by atoms with van der Waals surface area (Å²) in [5.41, 5.74) is 2.06. The molecule has 0 aliphatic carbocycles. The molecule has 0 radical (unpaired) electrons. The van der Waals surface area contributed by atoms with Crippen molar-refractivity contribution in [3.05, 3.63) is 71.2 Å². The van der Waals surface area contributed by atoms with Crippen molar-refractivity contribution in [2.75, 3.05) is 33.0 Å². The minimum Gasteiger partial charge on any atom is -0.495 e. The van der Waals surface area contributed by atoms with E-state index in [4.69, 9.17) is 21.1 Å². The number of sulfonamides is 1. The number of amides is 1. The van der Waals surface area contributed by atoms with E-state index in [1.54, 1.807) is 26.2 Å². The van der Waals surface area contributed by atoms with Gasteiger partial charge in [-0.1, -0.05) is 48.0 Å². The SMILES string of the molecule is COc1ccc(-c2ccccc2)cc1NS(=O)(=O)c1cc(C(=O)N(C)C)cc(Cl)c1OC. The molecule has 3 aromatic carbocycles. The Morgan fingerprint density at radius 1 is 0.938 bits per heavy atom. The van der Waals surface area contributed by atoms with Crippen LogP contribution in [0.2, 0.25) is 5.02 Å². The van der Waals surface area contributed by atoms with Gasteiger partial charge in [0.25, 0.3) is 15.9 Å². The topological polar surface area (TPSA) is 84.9 Å². The number of nitrogens with one attached hydrogen (secondary N) is 1. The Kier molecular flexibility index (Phi) is 6.96. The van der Waals surface area contributed by atoms with E-state index in [2.05, 4.69) is 4.72 Å². The third-order valence-electron chi connectivity index (χ3n) is 4.71. The molecular weight excluding hydrogens is 452 g/mol. The van der Waals surface area contributed by atoms with Crippen molar-refractivity contribution in [3.63, 3.8) is 0 Å². The molecule has 0 aliphatic rings. The average molecular weight is 475 g/mol. The maximum Gasteiger partial charge on any atom is 0.265 e. The lowest BCUT2D eigenvalue weighted by Crippen LogP contribution is -2.23. The lowest BCUT2D eigenvalue weighted by molar-refractivity contribution is 0.0827. The Hall–Kier alpha value is -3.23. The van der Waals surface area contributed by atoms with Crippen LogP contribution < -0.4 is 14.2 Å². The molecule has 0 spiro atoms. The average Bonchev–Trinajstić information content (AvgIpc) is 2.78. The van der Waals surface area contributed by atoms with E-state index in [0.717, 1.165) is 11.1 Å². The van der Waals surface area contributed by atoms with Crippen molar-refractivity contribution in [2.45, 2.75) is 4.90 Å². The normalized spacial score (nSPS) is 11.0. The number of methoxy groups -OCH3 is 2. The Morgan fingerprint density at radius 2 is 1.62 bits per heavy atom. The van der Waals surface area contributed by atoms with Crippen LogP contribution in [0.25, 0.3) is 11.1 Å². The summed E-state index contributed by atoms with van der Waals surface area (Å²) in [6.45, 7) is 0. The molecule has 0 aromatic heterocycles. The second-order valence-electron chi connectivity index (χ2n) is 7.08. The van der Waals surface area contributed by atoms with E-state index in [-0.39, 0.29) is 26.9 Å². The van der Waals surface area contributed by atoms with Crippen molar-refractivity contribution in [1.82, 2.24) is 4.90 Å². The molecular formula is C23H23ClN2O5S. The lowest BCUT2D eigenvalue weighted by atomic mass is 10.1. The molecule has 0 saturated carbocycles. The molecule has 0 atom stereocenters. The van der Waals surface area contributed by atoms with E-state index in [9.17, 15) is 13.2 Å². The number of anilines is 1. The third-order valence-corrected chi connectivity index (χ3v) is 6.36. The monoisotopic (exact) mass is 474 g/mol. The maximum absolute atomic E-state index is 13.4. The van der Waals surface area contributed by atoms with Gasteiger partial charge in [-0.3, -0.25) is 9.52 Å². The van der Waals surface area contributed by atoms with Gasteiger partial charge in [-0.05, 0) is 35.4 Å². The van der Waals surface area contributed by atoms with Crippen molar-refractivity contribution < 1.29 is 22.7 Å². The van der Waals surface area contributed by atoms with Crippen LogP contribution in [-0.4, -0.2) is 47.5 Å². The summed E-state index contributed by atoms with van der Waals surface area (Å²) in [5.74, 6) is -0.124. The van der Waals surface area contributed by atoms with Crippen molar-refractivity contribution >= 4 is 33.2 Å². The summed E-state index contributed by atoms with van der Waals surface area (Å²) >= 11 is 6.24. The molecule has 0 unspecified atom stereocenters. The zero-order chi connectivity index (χ0) is 23.5. The predicted molar refractivity (Wildman–Crippen MR) is 125 cm³/mol. The summed E-state index contributed by atoms with van der Waals surface area (Å²) in [5, 5.41) is 0.00516. The largest absolute Gasteiger partial charge is 0.495 e. The van der Waals surface area contributed by atoms with E-state index >= 15 is 0 Å². The standard InChI is InChI=1S/C23H23ClN2O5S/c1-26(2)23(27)17-12-18(24)22(31-4)21(14-17)32(28,29)25-19-13-16(10-11-20(19)30-3)15-8-6-5-7-9-15/h5-14,25H,1-4H3. The van der Waals surface area contributed by atoms with Gasteiger partial charge in [0.15, 0.2) is 5.75 Å². The zero-order valence-corrected chi connectivity index (χ0v) is 19.6.